The first-order valence-electron chi connectivity index (χ1n) is 8.06. The van der Waals surface area contributed by atoms with Gasteiger partial charge in [-0.1, -0.05) is 31.5 Å². The highest BCUT2D eigenvalue weighted by molar-refractivity contribution is 6.31. The number of nitrogens with one attached hydrogen (secondary N) is 1. The fourth-order valence-corrected chi connectivity index (χ4v) is 2.71. The van der Waals surface area contributed by atoms with E-state index in [0.717, 1.165) is 24.2 Å². The van der Waals surface area contributed by atoms with Gasteiger partial charge in [0, 0.05) is 35.4 Å². The van der Waals surface area contributed by atoms with Crippen molar-refractivity contribution in [3.8, 4) is 0 Å². The van der Waals surface area contributed by atoms with Crippen LogP contribution in [0.5, 0.6) is 0 Å². The molecule has 0 heterocycles. The van der Waals surface area contributed by atoms with Gasteiger partial charge in [-0.15, -0.1) is 0 Å². The van der Waals surface area contributed by atoms with E-state index in [4.69, 9.17) is 11.6 Å². The van der Waals surface area contributed by atoms with Crippen molar-refractivity contribution in [2.45, 2.75) is 65.6 Å². The molecule has 0 unspecified atom stereocenters. The Hall–Kier alpha value is -0.730. The molecule has 1 aliphatic carbocycles. The summed E-state index contributed by atoms with van der Waals surface area (Å²) in [4.78, 5) is 2.53. The maximum absolute atomic E-state index is 6.50. The zero-order valence-corrected chi connectivity index (χ0v) is 14.8. The van der Waals surface area contributed by atoms with E-state index in [-0.39, 0.29) is 5.54 Å². The van der Waals surface area contributed by atoms with Gasteiger partial charge in [-0.25, -0.2) is 0 Å². The van der Waals surface area contributed by atoms with Crippen LogP contribution in [-0.2, 0) is 6.54 Å². The minimum absolute atomic E-state index is 0.111. The zero-order valence-electron chi connectivity index (χ0n) is 14.0. The highest BCUT2D eigenvalue weighted by Crippen LogP contribution is 2.34. The van der Waals surface area contributed by atoms with E-state index in [2.05, 4.69) is 63.0 Å². The van der Waals surface area contributed by atoms with Gasteiger partial charge in [-0.3, -0.25) is 0 Å². The third-order valence-electron chi connectivity index (χ3n) is 3.73. The first kappa shape index (κ1) is 16.6. The molecule has 21 heavy (non-hydrogen) atoms. The molecule has 1 aliphatic rings. The van der Waals surface area contributed by atoms with Crippen LogP contribution < -0.4 is 10.2 Å². The van der Waals surface area contributed by atoms with Crippen LogP contribution in [0.4, 0.5) is 5.69 Å². The van der Waals surface area contributed by atoms with Crippen LogP contribution in [0.1, 0.15) is 53.0 Å². The molecule has 1 fully saturated rings. The molecular formula is C18H29ClN2. The number of hydrogen-bond donors (Lipinski definition) is 1. The molecular weight excluding hydrogens is 280 g/mol. The summed E-state index contributed by atoms with van der Waals surface area (Å²) in [7, 11) is 0. The molecule has 3 heteroatoms. The minimum atomic E-state index is 0.111. The number of anilines is 1. The van der Waals surface area contributed by atoms with Crippen molar-refractivity contribution >= 4 is 17.3 Å². The molecule has 1 saturated carbocycles. The van der Waals surface area contributed by atoms with Crippen LogP contribution in [-0.4, -0.2) is 18.1 Å². The van der Waals surface area contributed by atoms with Crippen molar-refractivity contribution in [1.29, 1.82) is 0 Å². The van der Waals surface area contributed by atoms with Gasteiger partial charge in [0.15, 0.2) is 0 Å². The number of rotatable bonds is 6. The quantitative estimate of drug-likeness (QED) is 0.808. The van der Waals surface area contributed by atoms with Crippen molar-refractivity contribution in [2.75, 3.05) is 11.4 Å². The SMILES string of the molecule is CC(C)CN(c1ccc(CNC(C)(C)C)c(Cl)c1)C1CC1. The third kappa shape index (κ3) is 5.19. The first-order valence-corrected chi connectivity index (χ1v) is 8.44. The van der Waals surface area contributed by atoms with E-state index in [9.17, 15) is 0 Å². The monoisotopic (exact) mass is 308 g/mol. The van der Waals surface area contributed by atoms with Gasteiger partial charge in [0.2, 0.25) is 0 Å². The van der Waals surface area contributed by atoms with Gasteiger partial charge >= 0.3 is 0 Å². The Morgan fingerprint density at radius 1 is 1.29 bits per heavy atom. The van der Waals surface area contributed by atoms with E-state index in [0.29, 0.717) is 5.92 Å². The number of halogens is 1. The highest BCUT2D eigenvalue weighted by Gasteiger charge is 2.29. The second-order valence-corrected chi connectivity index (χ2v) is 8.06. The van der Waals surface area contributed by atoms with E-state index >= 15 is 0 Å². The fourth-order valence-electron chi connectivity index (χ4n) is 2.46. The number of benzene rings is 1. The van der Waals surface area contributed by atoms with Gasteiger partial charge in [-0.05, 0) is 57.2 Å². The molecule has 1 aromatic carbocycles. The summed E-state index contributed by atoms with van der Waals surface area (Å²) in [6.07, 6.45) is 2.63. The van der Waals surface area contributed by atoms with Crippen molar-refractivity contribution < 1.29 is 0 Å². The zero-order chi connectivity index (χ0) is 15.6. The summed E-state index contributed by atoms with van der Waals surface area (Å²) >= 11 is 6.50. The molecule has 1 N–H and O–H groups in total. The van der Waals surface area contributed by atoms with Crippen molar-refractivity contribution in [2.24, 2.45) is 5.92 Å². The smallest absolute Gasteiger partial charge is 0.0471 e. The molecule has 0 radical (unpaired) electrons. The van der Waals surface area contributed by atoms with Crippen LogP contribution in [0, 0.1) is 5.92 Å². The second-order valence-electron chi connectivity index (χ2n) is 7.66. The Morgan fingerprint density at radius 2 is 1.95 bits per heavy atom. The van der Waals surface area contributed by atoms with Gasteiger partial charge in [0.25, 0.3) is 0 Å². The van der Waals surface area contributed by atoms with Crippen molar-refractivity contribution in [3.63, 3.8) is 0 Å². The summed E-state index contributed by atoms with van der Waals surface area (Å²) < 4.78 is 0. The van der Waals surface area contributed by atoms with Crippen LogP contribution in [0.25, 0.3) is 0 Å². The van der Waals surface area contributed by atoms with Crippen LogP contribution >= 0.6 is 11.6 Å². The van der Waals surface area contributed by atoms with Crippen LogP contribution in [0.2, 0.25) is 5.02 Å². The number of nitrogens with zero attached hydrogens (tertiary/aromatic N) is 1. The van der Waals surface area contributed by atoms with Crippen LogP contribution in [0.3, 0.4) is 0 Å². The lowest BCUT2D eigenvalue weighted by Gasteiger charge is -2.27. The average Bonchev–Trinajstić information content (AvgIpc) is 3.17. The molecule has 2 nitrogen and oxygen atoms in total. The molecule has 0 saturated heterocycles. The third-order valence-corrected chi connectivity index (χ3v) is 4.08. The van der Waals surface area contributed by atoms with Gasteiger partial charge < -0.3 is 10.2 Å². The van der Waals surface area contributed by atoms with E-state index in [1.807, 2.05) is 0 Å². The standard InChI is InChI=1S/C18H29ClN2/c1-13(2)12-21(15-8-9-15)16-7-6-14(17(19)10-16)11-20-18(3,4)5/h6-7,10,13,15,20H,8-9,11-12H2,1-5H3. The predicted molar refractivity (Wildman–Crippen MR) is 93.3 cm³/mol. The fraction of sp³-hybridized carbons (Fsp3) is 0.667. The summed E-state index contributed by atoms with van der Waals surface area (Å²) in [5, 5.41) is 4.37. The van der Waals surface area contributed by atoms with Gasteiger partial charge in [0.1, 0.15) is 0 Å². The molecule has 0 aromatic heterocycles. The lowest BCUT2D eigenvalue weighted by atomic mass is 10.1. The maximum Gasteiger partial charge on any atom is 0.0471 e. The minimum Gasteiger partial charge on any atom is -0.368 e. The number of hydrogen-bond acceptors (Lipinski definition) is 2. The first-order chi connectivity index (χ1) is 9.76. The summed E-state index contributed by atoms with van der Waals surface area (Å²) in [6, 6.07) is 7.27. The van der Waals surface area contributed by atoms with Crippen molar-refractivity contribution in [1.82, 2.24) is 5.32 Å². The largest absolute Gasteiger partial charge is 0.368 e. The van der Waals surface area contributed by atoms with Crippen molar-refractivity contribution in [3.05, 3.63) is 28.8 Å². The summed E-state index contributed by atoms with van der Waals surface area (Å²) in [5.41, 5.74) is 2.56. The summed E-state index contributed by atoms with van der Waals surface area (Å²) in [5.74, 6) is 0.673. The summed E-state index contributed by atoms with van der Waals surface area (Å²) in [6.45, 7) is 13.0. The second kappa shape index (κ2) is 6.58. The Balaban J connectivity index is 2.09. The Morgan fingerprint density at radius 3 is 2.43 bits per heavy atom. The normalized spacial score (nSPS) is 15.6. The molecule has 2 rings (SSSR count). The maximum atomic E-state index is 6.50. The highest BCUT2D eigenvalue weighted by atomic mass is 35.5. The van der Waals surface area contributed by atoms with Crippen LogP contribution in [0.15, 0.2) is 18.2 Å². The topological polar surface area (TPSA) is 15.3 Å². The Labute approximate surface area is 134 Å². The molecule has 118 valence electrons. The molecule has 0 aliphatic heterocycles. The van der Waals surface area contributed by atoms with E-state index in [1.165, 1.54) is 24.1 Å². The van der Waals surface area contributed by atoms with Gasteiger partial charge in [0.05, 0.1) is 0 Å². The predicted octanol–water partition coefficient (Wildman–Crippen LogP) is 4.85. The van der Waals surface area contributed by atoms with Gasteiger partial charge in [-0.2, -0.15) is 0 Å². The molecule has 0 atom stereocenters. The van der Waals surface area contributed by atoms with E-state index < -0.39 is 0 Å². The lowest BCUT2D eigenvalue weighted by Crippen LogP contribution is -2.35. The lowest BCUT2D eigenvalue weighted by molar-refractivity contribution is 0.424. The molecule has 0 amide bonds. The van der Waals surface area contributed by atoms with E-state index in [1.54, 1.807) is 0 Å². The molecule has 1 aromatic rings. The Kier molecular flexibility index (Phi) is 5.21. The Bertz CT molecular complexity index is 473. The molecule has 0 bridgehead atoms. The average molecular weight is 309 g/mol. The molecule has 0 spiro atoms.